The number of nitrogens with one attached hydrogen (secondary N) is 1. The minimum absolute atomic E-state index is 0.0189. The lowest BCUT2D eigenvalue weighted by Crippen LogP contribution is -2.45. The summed E-state index contributed by atoms with van der Waals surface area (Å²) in [4.78, 5) is 17.2. The molecule has 5 rings (SSSR count). The average Bonchev–Trinajstić information content (AvgIpc) is 3.42. The summed E-state index contributed by atoms with van der Waals surface area (Å²) >= 11 is 6.78. The Balaban J connectivity index is 0.000000748. The number of aromatic amines is 1. The van der Waals surface area contributed by atoms with Crippen LogP contribution in [-0.4, -0.2) is 82.1 Å². The number of hydrogen-bond acceptors (Lipinski definition) is 7. The molecule has 1 aliphatic rings. The summed E-state index contributed by atoms with van der Waals surface area (Å²) in [6.45, 7) is 9.11. The molecule has 0 radical (unpaired) electrons. The van der Waals surface area contributed by atoms with Crippen molar-refractivity contribution in [1.82, 2.24) is 29.6 Å². The van der Waals surface area contributed by atoms with Gasteiger partial charge < -0.3 is 14.8 Å². The standard InChI is InChI=1S/C26H29ClF3N7.CH4O3S/c1-25(2,3)22-19(27)21(36(5)34-22)23-31-18-14-17(15-8-6-7-9-16(15)26(28,29)30)32-24(20(18)33-23)37-12-10-35(4)11-13-37;1-5(2,3)4/h6-9,14H,10-13H2,1-5H3,(H,31,33);1H3,(H,2,3,4). The second kappa shape index (κ2) is 11.5. The van der Waals surface area contributed by atoms with E-state index in [-0.39, 0.29) is 16.7 Å². The number of aromatic nitrogens is 5. The fourth-order valence-electron chi connectivity index (χ4n) is 4.68. The van der Waals surface area contributed by atoms with E-state index < -0.39 is 21.9 Å². The van der Waals surface area contributed by atoms with Crippen LogP contribution in [0.25, 0.3) is 33.8 Å². The van der Waals surface area contributed by atoms with Crippen LogP contribution >= 0.6 is 11.6 Å². The molecule has 1 aliphatic heterocycles. The third-order valence-corrected chi connectivity index (χ3v) is 7.05. The number of nitrogens with zero attached hydrogens (tertiary/aromatic N) is 6. The number of aryl methyl sites for hydroxylation is 1. The minimum atomic E-state index is -4.51. The predicted octanol–water partition coefficient (Wildman–Crippen LogP) is 5.25. The van der Waals surface area contributed by atoms with Crippen LogP contribution in [0.4, 0.5) is 19.0 Å². The smallest absolute Gasteiger partial charge is 0.352 e. The number of rotatable bonds is 3. The van der Waals surface area contributed by atoms with Crippen molar-refractivity contribution in [3.63, 3.8) is 0 Å². The maximum Gasteiger partial charge on any atom is 0.417 e. The van der Waals surface area contributed by atoms with E-state index in [9.17, 15) is 21.6 Å². The number of pyridine rings is 1. The molecule has 10 nitrogen and oxygen atoms in total. The van der Waals surface area contributed by atoms with Gasteiger partial charge >= 0.3 is 6.18 Å². The van der Waals surface area contributed by atoms with Gasteiger partial charge in [-0.3, -0.25) is 9.23 Å². The van der Waals surface area contributed by atoms with E-state index in [1.807, 2.05) is 27.8 Å². The first-order chi connectivity index (χ1) is 19.3. The van der Waals surface area contributed by atoms with Gasteiger partial charge in [0, 0.05) is 44.2 Å². The molecule has 1 saturated heterocycles. The number of fused-ring (bicyclic) bond motifs is 1. The first-order valence-corrected chi connectivity index (χ1v) is 15.2. The number of H-pyrrole nitrogens is 1. The van der Waals surface area contributed by atoms with Gasteiger partial charge in [0.2, 0.25) is 0 Å². The SMILES string of the molecule is CN1CCN(c2nc(-c3ccccc3C(F)(F)F)cc3nc(-c4c(Cl)c(C(C)(C)C)nn4C)[nH]c23)CC1.CS(=O)(=O)O. The first-order valence-electron chi connectivity index (χ1n) is 13.0. The maximum absolute atomic E-state index is 13.9. The fraction of sp³-hybridized carbons (Fsp3) is 0.444. The third kappa shape index (κ3) is 7.05. The summed E-state index contributed by atoms with van der Waals surface area (Å²) in [7, 11) is 0.177. The van der Waals surface area contributed by atoms with Crippen LogP contribution < -0.4 is 4.90 Å². The normalized spacial score (nSPS) is 15.2. The van der Waals surface area contributed by atoms with Gasteiger partial charge in [0.25, 0.3) is 10.1 Å². The Morgan fingerprint density at radius 1 is 1.02 bits per heavy atom. The van der Waals surface area contributed by atoms with Gasteiger partial charge in [-0.1, -0.05) is 50.6 Å². The molecule has 42 heavy (non-hydrogen) atoms. The number of piperazine rings is 1. The summed E-state index contributed by atoms with van der Waals surface area (Å²) in [5.41, 5.74) is 1.76. The first kappa shape index (κ1) is 31.7. The second-order valence-electron chi connectivity index (χ2n) is 11.3. The Bertz CT molecular complexity index is 1700. The number of benzene rings is 1. The monoisotopic (exact) mass is 627 g/mol. The van der Waals surface area contributed by atoms with Crippen LogP contribution in [0.1, 0.15) is 32.0 Å². The van der Waals surface area contributed by atoms with E-state index in [0.29, 0.717) is 52.7 Å². The summed E-state index contributed by atoms with van der Waals surface area (Å²) in [5.74, 6) is 1.06. The Morgan fingerprint density at radius 2 is 1.62 bits per heavy atom. The van der Waals surface area contributed by atoms with Crippen molar-refractivity contribution in [2.75, 3.05) is 44.4 Å². The molecule has 0 bridgehead atoms. The zero-order valence-electron chi connectivity index (χ0n) is 24.1. The number of likely N-dealkylation sites (N-methyl/N-ethyl adjacent to an activating group) is 1. The zero-order valence-corrected chi connectivity index (χ0v) is 25.7. The van der Waals surface area contributed by atoms with Crippen LogP contribution in [-0.2, 0) is 28.8 Å². The van der Waals surface area contributed by atoms with E-state index >= 15 is 0 Å². The van der Waals surface area contributed by atoms with Crippen molar-refractivity contribution in [3.8, 4) is 22.8 Å². The molecule has 0 unspecified atom stereocenters. The van der Waals surface area contributed by atoms with Crippen molar-refractivity contribution in [3.05, 3.63) is 46.6 Å². The highest BCUT2D eigenvalue weighted by atomic mass is 35.5. The Kier molecular flexibility index (Phi) is 8.67. The van der Waals surface area contributed by atoms with Crippen molar-refractivity contribution >= 4 is 38.6 Å². The summed E-state index contributed by atoms with van der Waals surface area (Å²) in [5, 5.41) is 5.11. The van der Waals surface area contributed by atoms with Crippen molar-refractivity contribution < 1.29 is 26.1 Å². The average molecular weight is 628 g/mol. The predicted molar refractivity (Wildman–Crippen MR) is 157 cm³/mol. The van der Waals surface area contributed by atoms with E-state index in [1.54, 1.807) is 23.9 Å². The molecule has 0 spiro atoms. The summed E-state index contributed by atoms with van der Waals surface area (Å²) in [6.07, 6.45) is -3.80. The number of alkyl halides is 3. The lowest BCUT2D eigenvalue weighted by molar-refractivity contribution is -0.137. The Morgan fingerprint density at radius 3 is 2.17 bits per heavy atom. The summed E-state index contributed by atoms with van der Waals surface area (Å²) in [6, 6.07) is 7.11. The number of halogens is 4. The van der Waals surface area contributed by atoms with E-state index in [4.69, 9.17) is 26.1 Å². The number of hydrogen-bond donors (Lipinski definition) is 2. The topological polar surface area (TPSA) is 120 Å². The van der Waals surface area contributed by atoms with Crippen LogP contribution in [0, 0.1) is 0 Å². The molecule has 0 atom stereocenters. The molecule has 0 aliphatic carbocycles. The molecule has 3 aromatic heterocycles. The molecular weight excluding hydrogens is 595 g/mol. The quantitative estimate of drug-likeness (QED) is 0.296. The van der Waals surface area contributed by atoms with Gasteiger partial charge in [0.15, 0.2) is 11.6 Å². The Hall–Kier alpha value is -3.20. The highest BCUT2D eigenvalue weighted by Crippen LogP contribution is 2.40. The van der Waals surface area contributed by atoms with Gasteiger partial charge in [-0.2, -0.15) is 26.7 Å². The highest BCUT2D eigenvalue weighted by Gasteiger charge is 2.34. The maximum atomic E-state index is 13.9. The van der Waals surface area contributed by atoms with Gasteiger partial charge in [0.1, 0.15) is 11.2 Å². The molecule has 1 aromatic carbocycles. The lowest BCUT2D eigenvalue weighted by atomic mass is 9.92. The zero-order chi connectivity index (χ0) is 31.2. The molecule has 0 saturated carbocycles. The number of imidazole rings is 1. The molecule has 15 heteroatoms. The van der Waals surface area contributed by atoms with Crippen molar-refractivity contribution in [2.24, 2.45) is 7.05 Å². The third-order valence-electron chi connectivity index (χ3n) is 6.69. The van der Waals surface area contributed by atoms with Crippen molar-refractivity contribution in [2.45, 2.75) is 32.4 Å². The van der Waals surface area contributed by atoms with Gasteiger partial charge in [0.05, 0.1) is 33.7 Å². The highest BCUT2D eigenvalue weighted by molar-refractivity contribution is 7.85. The van der Waals surface area contributed by atoms with Crippen LogP contribution in [0.2, 0.25) is 5.02 Å². The molecule has 2 N–H and O–H groups in total. The molecule has 0 amide bonds. The molecule has 4 heterocycles. The molecule has 228 valence electrons. The van der Waals surface area contributed by atoms with Crippen molar-refractivity contribution in [1.29, 1.82) is 0 Å². The molecular formula is C27H33ClF3N7O3S. The van der Waals surface area contributed by atoms with Crippen LogP contribution in [0.5, 0.6) is 0 Å². The van der Waals surface area contributed by atoms with E-state index in [0.717, 1.165) is 24.8 Å². The van der Waals surface area contributed by atoms with Gasteiger partial charge in [-0.15, -0.1) is 0 Å². The fourth-order valence-corrected chi connectivity index (χ4v) is 5.21. The molecule has 1 fully saturated rings. The van der Waals surface area contributed by atoms with E-state index in [2.05, 4.69) is 19.9 Å². The van der Waals surface area contributed by atoms with Gasteiger partial charge in [-0.25, -0.2) is 9.97 Å². The summed E-state index contributed by atoms with van der Waals surface area (Å²) < 4.78 is 69.2. The van der Waals surface area contributed by atoms with E-state index in [1.165, 1.54) is 12.1 Å². The number of anilines is 1. The van der Waals surface area contributed by atoms with Crippen LogP contribution in [0.15, 0.2) is 30.3 Å². The molecule has 4 aromatic rings. The Labute approximate surface area is 247 Å². The lowest BCUT2D eigenvalue weighted by Gasteiger charge is -2.33. The van der Waals surface area contributed by atoms with Crippen LogP contribution in [0.3, 0.4) is 0 Å². The largest absolute Gasteiger partial charge is 0.417 e. The second-order valence-corrected chi connectivity index (χ2v) is 13.1. The van der Waals surface area contributed by atoms with Gasteiger partial charge in [-0.05, 0) is 19.2 Å². The minimum Gasteiger partial charge on any atom is -0.352 e.